The fourth-order valence-electron chi connectivity index (χ4n) is 2.86. The quantitative estimate of drug-likeness (QED) is 0.808. The second kappa shape index (κ2) is 6.84. The van der Waals surface area contributed by atoms with Crippen molar-refractivity contribution in [3.63, 3.8) is 0 Å². The zero-order valence-corrected chi connectivity index (χ0v) is 13.3. The molecule has 5 heteroatoms. The second-order valence-electron chi connectivity index (χ2n) is 6.09. The number of carbonyl (C=O) groups excluding carboxylic acids is 2. The van der Waals surface area contributed by atoms with Gasteiger partial charge in [-0.1, -0.05) is 18.2 Å². The van der Waals surface area contributed by atoms with Crippen LogP contribution in [-0.4, -0.2) is 22.5 Å². The Morgan fingerprint density at radius 3 is 2.04 bits per heavy atom. The van der Waals surface area contributed by atoms with Crippen LogP contribution in [0.1, 0.15) is 36.0 Å². The van der Waals surface area contributed by atoms with Crippen LogP contribution in [0.25, 0.3) is 0 Å². The summed E-state index contributed by atoms with van der Waals surface area (Å²) in [6.07, 6.45) is 2.72. The average molecular weight is 324 g/mol. The topological polar surface area (TPSA) is 78.4 Å². The molecule has 0 atom stereocenters. The van der Waals surface area contributed by atoms with Gasteiger partial charge in [0, 0.05) is 16.9 Å². The molecule has 24 heavy (non-hydrogen) atoms. The van der Waals surface area contributed by atoms with Crippen LogP contribution in [0.5, 0.6) is 0 Å². The number of para-hydroxylation sites is 1. The first-order valence-electron chi connectivity index (χ1n) is 8.07. The van der Waals surface area contributed by atoms with Crippen LogP contribution in [0.2, 0.25) is 0 Å². The number of carbonyl (C=O) groups is 2. The van der Waals surface area contributed by atoms with E-state index in [0.29, 0.717) is 24.1 Å². The number of amides is 2. The number of hydrogen-bond donors (Lipinski definition) is 3. The lowest BCUT2D eigenvalue weighted by Crippen LogP contribution is -2.40. The van der Waals surface area contributed by atoms with E-state index in [1.807, 2.05) is 30.3 Å². The van der Waals surface area contributed by atoms with E-state index in [1.54, 1.807) is 24.3 Å². The molecule has 2 aromatic carbocycles. The van der Waals surface area contributed by atoms with E-state index in [4.69, 9.17) is 0 Å². The molecular weight excluding hydrogens is 304 g/mol. The SMILES string of the molecule is O=C(Nc1ccccc1)c1ccc(NC(=O)C2(O)CCCC2)cc1. The molecule has 0 heterocycles. The van der Waals surface area contributed by atoms with Crippen molar-refractivity contribution >= 4 is 23.2 Å². The van der Waals surface area contributed by atoms with Crippen molar-refractivity contribution in [3.8, 4) is 0 Å². The summed E-state index contributed by atoms with van der Waals surface area (Å²) in [5.74, 6) is -0.588. The monoisotopic (exact) mass is 324 g/mol. The Morgan fingerprint density at radius 2 is 1.42 bits per heavy atom. The standard InChI is InChI=1S/C19H20N2O3/c22-17(20-15-6-2-1-3-7-15)14-8-10-16(11-9-14)21-18(23)19(24)12-4-5-13-19/h1-3,6-11,24H,4-5,12-13H2,(H,20,22)(H,21,23). The van der Waals surface area contributed by atoms with Gasteiger partial charge in [-0.15, -0.1) is 0 Å². The summed E-state index contributed by atoms with van der Waals surface area (Å²) in [6, 6.07) is 15.8. The maximum atomic E-state index is 12.2. The summed E-state index contributed by atoms with van der Waals surface area (Å²) in [5, 5.41) is 15.8. The zero-order chi connectivity index (χ0) is 17.0. The highest BCUT2D eigenvalue weighted by molar-refractivity contribution is 6.04. The molecule has 0 radical (unpaired) electrons. The highest BCUT2D eigenvalue weighted by Gasteiger charge is 2.38. The molecular formula is C19H20N2O3. The molecule has 5 nitrogen and oxygen atoms in total. The maximum absolute atomic E-state index is 12.2. The van der Waals surface area contributed by atoms with Crippen molar-refractivity contribution in [2.75, 3.05) is 10.6 Å². The summed E-state index contributed by atoms with van der Waals surface area (Å²) >= 11 is 0. The lowest BCUT2D eigenvalue weighted by Gasteiger charge is -2.20. The lowest BCUT2D eigenvalue weighted by atomic mass is 10.0. The minimum absolute atomic E-state index is 0.214. The first-order chi connectivity index (χ1) is 11.6. The van der Waals surface area contributed by atoms with Gasteiger partial charge in [0.05, 0.1) is 0 Å². The van der Waals surface area contributed by atoms with E-state index in [-0.39, 0.29) is 11.8 Å². The summed E-state index contributed by atoms with van der Waals surface area (Å²) in [6.45, 7) is 0. The maximum Gasteiger partial charge on any atom is 0.256 e. The fourth-order valence-corrected chi connectivity index (χ4v) is 2.86. The van der Waals surface area contributed by atoms with Gasteiger partial charge < -0.3 is 15.7 Å². The van der Waals surface area contributed by atoms with Gasteiger partial charge in [0.1, 0.15) is 5.60 Å². The third-order valence-corrected chi connectivity index (χ3v) is 4.29. The van der Waals surface area contributed by atoms with Crippen molar-refractivity contribution < 1.29 is 14.7 Å². The Hall–Kier alpha value is -2.66. The van der Waals surface area contributed by atoms with Gasteiger partial charge in [0.25, 0.3) is 11.8 Å². The third-order valence-electron chi connectivity index (χ3n) is 4.29. The van der Waals surface area contributed by atoms with Crippen LogP contribution >= 0.6 is 0 Å². The number of anilines is 2. The van der Waals surface area contributed by atoms with Crippen molar-refractivity contribution in [3.05, 3.63) is 60.2 Å². The normalized spacial score (nSPS) is 15.7. The second-order valence-corrected chi connectivity index (χ2v) is 6.09. The smallest absolute Gasteiger partial charge is 0.256 e. The zero-order valence-electron chi connectivity index (χ0n) is 13.3. The van der Waals surface area contributed by atoms with Gasteiger partial charge in [-0.2, -0.15) is 0 Å². The molecule has 0 saturated heterocycles. The highest BCUT2D eigenvalue weighted by atomic mass is 16.3. The molecule has 3 rings (SSSR count). The van der Waals surface area contributed by atoms with Crippen molar-refractivity contribution in [2.24, 2.45) is 0 Å². The van der Waals surface area contributed by atoms with E-state index in [2.05, 4.69) is 10.6 Å². The molecule has 2 aromatic rings. The molecule has 1 aliphatic rings. The fraction of sp³-hybridized carbons (Fsp3) is 0.263. The average Bonchev–Trinajstić information content (AvgIpc) is 3.04. The number of rotatable bonds is 4. The van der Waals surface area contributed by atoms with Gasteiger partial charge in [0.15, 0.2) is 0 Å². The van der Waals surface area contributed by atoms with E-state index in [1.165, 1.54) is 0 Å². The van der Waals surface area contributed by atoms with Crippen LogP contribution < -0.4 is 10.6 Å². The van der Waals surface area contributed by atoms with E-state index in [0.717, 1.165) is 18.5 Å². The molecule has 124 valence electrons. The molecule has 1 fully saturated rings. The van der Waals surface area contributed by atoms with Crippen molar-refractivity contribution in [1.82, 2.24) is 0 Å². The molecule has 1 aliphatic carbocycles. The molecule has 0 aromatic heterocycles. The summed E-state index contributed by atoms with van der Waals surface area (Å²) in [4.78, 5) is 24.3. The predicted octanol–water partition coefficient (Wildman–Crippen LogP) is 3.18. The first kappa shape index (κ1) is 16.2. The minimum Gasteiger partial charge on any atom is -0.380 e. The Balaban J connectivity index is 1.63. The van der Waals surface area contributed by atoms with Gasteiger partial charge in [-0.25, -0.2) is 0 Å². The third kappa shape index (κ3) is 3.63. The Labute approximate surface area is 140 Å². The molecule has 0 unspecified atom stereocenters. The van der Waals surface area contributed by atoms with Gasteiger partial charge in [-0.05, 0) is 62.1 Å². The Kier molecular flexibility index (Phi) is 4.62. The summed E-state index contributed by atoms with van der Waals surface area (Å²) in [5.41, 5.74) is 0.528. The Morgan fingerprint density at radius 1 is 0.833 bits per heavy atom. The molecule has 2 amide bonds. The van der Waals surface area contributed by atoms with E-state index in [9.17, 15) is 14.7 Å². The molecule has 3 N–H and O–H groups in total. The van der Waals surface area contributed by atoms with Crippen molar-refractivity contribution in [1.29, 1.82) is 0 Å². The van der Waals surface area contributed by atoms with Crippen LogP contribution in [0.3, 0.4) is 0 Å². The van der Waals surface area contributed by atoms with Crippen LogP contribution in [0.15, 0.2) is 54.6 Å². The van der Waals surface area contributed by atoms with E-state index < -0.39 is 5.60 Å². The summed E-state index contributed by atoms with van der Waals surface area (Å²) < 4.78 is 0. The molecule has 0 bridgehead atoms. The van der Waals surface area contributed by atoms with Crippen LogP contribution in [0, 0.1) is 0 Å². The van der Waals surface area contributed by atoms with Crippen molar-refractivity contribution in [2.45, 2.75) is 31.3 Å². The number of benzene rings is 2. The number of hydrogen-bond acceptors (Lipinski definition) is 3. The predicted molar refractivity (Wildman–Crippen MR) is 92.9 cm³/mol. The highest BCUT2D eigenvalue weighted by Crippen LogP contribution is 2.30. The molecule has 0 spiro atoms. The number of nitrogens with one attached hydrogen (secondary N) is 2. The molecule has 1 saturated carbocycles. The molecule has 0 aliphatic heterocycles. The summed E-state index contributed by atoms with van der Waals surface area (Å²) in [7, 11) is 0. The van der Waals surface area contributed by atoms with Gasteiger partial charge in [0.2, 0.25) is 0 Å². The Bertz CT molecular complexity index is 720. The number of aliphatic hydroxyl groups is 1. The van der Waals surface area contributed by atoms with Crippen LogP contribution in [0.4, 0.5) is 11.4 Å². The first-order valence-corrected chi connectivity index (χ1v) is 8.07. The van der Waals surface area contributed by atoms with E-state index >= 15 is 0 Å². The van der Waals surface area contributed by atoms with Crippen LogP contribution in [-0.2, 0) is 4.79 Å². The van der Waals surface area contributed by atoms with Gasteiger partial charge in [-0.3, -0.25) is 9.59 Å². The lowest BCUT2D eigenvalue weighted by molar-refractivity contribution is -0.133. The van der Waals surface area contributed by atoms with Gasteiger partial charge >= 0.3 is 0 Å². The largest absolute Gasteiger partial charge is 0.380 e. The minimum atomic E-state index is -1.26.